The van der Waals surface area contributed by atoms with Crippen LogP contribution in [0, 0.1) is 0 Å². The van der Waals surface area contributed by atoms with Crippen LogP contribution in [0.4, 0.5) is 10.5 Å². The summed E-state index contributed by atoms with van der Waals surface area (Å²) in [4.78, 5) is 16.4. The van der Waals surface area contributed by atoms with Crippen LogP contribution in [0.3, 0.4) is 0 Å². The first-order valence-electron chi connectivity index (χ1n) is 7.22. The number of anilines is 1. The minimum Gasteiger partial charge on any atom is -0.485 e. The van der Waals surface area contributed by atoms with E-state index in [-0.39, 0.29) is 17.7 Å². The molecule has 0 spiro atoms. The van der Waals surface area contributed by atoms with Crippen LogP contribution in [0.1, 0.15) is 37.4 Å². The van der Waals surface area contributed by atoms with Crippen molar-refractivity contribution >= 4 is 23.1 Å². The van der Waals surface area contributed by atoms with Crippen molar-refractivity contribution in [2.75, 3.05) is 5.32 Å². The van der Waals surface area contributed by atoms with E-state index in [1.54, 1.807) is 6.20 Å². The summed E-state index contributed by atoms with van der Waals surface area (Å²) in [5.74, 6) is 0.768. The number of urea groups is 1. The number of rotatable bonds is 3. The van der Waals surface area contributed by atoms with Crippen LogP contribution >= 0.6 is 11.3 Å². The molecule has 0 fully saturated rings. The molecular weight excluding hydrogens is 298 g/mol. The maximum absolute atomic E-state index is 12.2. The monoisotopic (exact) mass is 317 g/mol. The number of carbonyl (C=O) groups excluding carboxylic acids is 1. The van der Waals surface area contributed by atoms with E-state index in [0.29, 0.717) is 5.69 Å². The number of ether oxygens (including phenoxy) is 1. The fraction of sp³-hybridized carbons (Fsp3) is 0.375. The summed E-state index contributed by atoms with van der Waals surface area (Å²) >= 11 is 1.52. The topological polar surface area (TPSA) is 63.2 Å². The van der Waals surface area contributed by atoms with E-state index >= 15 is 0 Å². The summed E-state index contributed by atoms with van der Waals surface area (Å²) in [5.41, 5.74) is 1.59. The predicted octanol–water partition coefficient (Wildman–Crippen LogP) is 3.74. The standard InChI is InChI=1S/C16H19N3O2S/c1-10(14-17-7-8-22-14)18-15(20)19-12-6-4-5-11-9-16(2,3)21-13(11)12/h4-8,10H,9H2,1-3H3,(H2,18,19,20)/t10-/m1/s1. The number of hydrogen-bond donors (Lipinski definition) is 2. The number of fused-ring (bicyclic) bond motifs is 1. The Bertz CT molecular complexity index is 683. The fourth-order valence-corrected chi connectivity index (χ4v) is 3.23. The predicted molar refractivity (Wildman–Crippen MR) is 87.5 cm³/mol. The van der Waals surface area contributed by atoms with Crippen LogP contribution in [0.15, 0.2) is 29.8 Å². The highest BCUT2D eigenvalue weighted by Crippen LogP contribution is 2.40. The Morgan fingerprint density at radius 2 is 2.27 bits per heavy atom. The maximum atomic E-state index is 12.2. The molecule has 1 atom stereocenters. The van der Waals surface area contributed by atoms with Crippen molar-refractivity contribution in [2.24, 2.45) is 0 Å². The van der Waals surface area contributed by atoms with Gasteiger partial charge in [-0.05, 0) is 26.8 Å². The number of nitrogens with one attached hydrogen (secondary N) is 2. The summed E-state index contributed by atoms with van der Waals surface area (Å²) < 4.78 is 5.95. The van der Waals surface area contributed by atoms with Gasteiger partial charge in [0.1, 0.15) is 16.4 Å². The van der Waals surface area contributed by atoms with Crippen LogP contribution in [-0.4, -0.2) is 16.6 Å². The number of aromatic nitrogens is 1. The quantitative estimate of drug-likeness (QED) is 0.906. The highest BCUT2D eigenvalue weighted by atomic mass is 32.1. The molecule has 0 radical (unpaired) electrons. The minimum absolute atomic E-state index is 0.130. The molecule has 0 aliphatic carbocycles. The van der Waals surface area contributed by atoms with E-state index in [2.05, 4.69) is 15.6 Å². The largest absolute Gasteiger partial charge is 0.485 e. The van der Waals surface area contributed by atoms with Gasteiger partial charge in [-0.3, -0.25) is 0 Å². The van der Waals surface area contributed by atoms with Crippen molar-refractivity contribution in [3.63, 3.8) is 0 Å². The molecule has 0 unspecified atom stereocenters. The Labute approximate surface area is 133 Å². The fourth-order valence-electron chi connectivity index (χ4n) is 2.58. The molecule has 0 bridgehead atoms. The van der Waals surface area contributed by atoms with Crippen molar-refractivity contribution in [1.82, 2.24) is 10.3 Å². The van der Waals surface area contributed by atoms with Gasteiger partial charge >= 0.3 is 6.03 Å². The van der Waals surface area contributed by atoms with Gasteiger partial charge in [0.2, 0.25) is 0 Å². The average Bonchev–Trinajstić information content (AvgIpc) is 3.04. The first-order valence-corrected chi connectivity index (χ1v) is 8.10. The van der Waals surface area contributed by atoms with Crippen molar-refractivity contribution < 1.29 is 9.53 Å². The second kappa shape index (κ2) is 5.61. The lowest BCUT2D eigenvalue weighted by atomic mass is 10.0. The number of amides is 2. The molecule has 1 aromatic heterocycles. The number of nitrogens with zero attached hydrogens (tertiary/aromatic N) is 1. The highest BCUT2D eigenvalue weighted by molar-refractivity contribution is 7.09. The lowest BCUT2D eigenvalue weighted by Crippen LogP contribution is -2.31. The summed E-state index contributed by atoms with van der Waals surface area (Å²) in [6, 6.07) is 5.43. The van der Waals surface area contributed by atoms with Crippen molar-refractivity contribution in [2.45, 2.75) is 38.8 Å². The molecule has 1 aromatic carbocycles. The molecule has 116 valence electrons. The first kappa shape index (κ1) is 14.8. The van der Waals surface area contributed by atoms with E-state index in [1.165, 1.54) is 11.3 Å². The van der Waals surface area contributed by atoms with Crippen LogP contribution < -0.4 is 15.4 Å². The lowest BCUT2D eigenvalue weighted by molar-refractivity contribution is 0.139. The van der Waals surface area contributed by atoms with Gasteiger partial charge < -0.3 is 15.4 Å². The molecular formula is C16H19N3O2S. The number of hydrogen-bond acceptors (Lipinski definition) is 4. The van der Waals surface area contributed by atoms with E-state index in [1.807, 2.05) is 44.4 Å². The molecule has 5 nitrogen and oxygen atoms in total. The minimum atomic E-state index is -0.260. The van der Waals surface area contributed by atoms with E-state index in [4.69, 9.17) is 4.74 Å². The van der Waals surface area contributed by atoms with Gasteiger partial charge in [0.25, 0.3) is 0 Å². The second-order valence-electron chi connectivity index (χ2n) is 6.02. The Balaban J connectivity index is 1.70. The smallest absolute Gasteiger partial charge is 0.319 e. The van der Waals surface area contributed by atoms with E-state index < -0.39 is 0 Å². The molecule has 2 aromatic rings. The van der Waals surface area contributed by atoms with Gasteiger partial charge in [0, 0.05) is 23.6 Å². The summed E-state index contributed by atoms with van der Waals surface area (Å²) in [7, 11) is 0. The average molecular weight is 317 g/mol. The zero-order valence-corrected chi connectivity index (χ0v) is 13.7. The Hall–Kier alpha value is -2.08. The van der Waals surface area contributed by atoms with Gasteiger partial charge in [-0.15, -0.1) is 11.3 Å². The van der Waals surface area contributed by atoms with E-state index in [9.17, 15) is 4.79 Å². The van der Waals surface area contributed by atoms with Crippen molar-refractivity contribution in [3.8, 4) is 5.75 Å². The van der Waals surface area contributed by atoms with Crippen molar-refractivity contribution in [3.05, 3.63) is 40.3 Å². The van der Waals surface area contributed by atoms with Gasteiger partial charge in [-0.2, -0.15) is 0 Å². The second-order valence-corrected chi connectivity index (χ2v) is 6.95. The van der Waals surface area contributed by atoms with Gasteiger partial charge in [-0.25, -0.2) is 9.78 Å². The van der Waals surface area contributed by atoms with E-state index in [0.717, 1.165) is 22.7 Å². The van der Waals surface area contributed by atoms with Gasteiger partial charge in [-0.1, -0.05) is 12.1 Å². The Kier molecular flexibility index (Phi) is 3.78. The van der Waals surface area contributed by atoms with Crippen LogP contribution in [0.25, 0.3) is 0 Å². The molecule has 0 saturated carbocycles. The normalized spacial score (nSPS) is 16.5. The highest BCUT2D eigenvalue weighted by Gasteiger charge is 2.32. The molecule has 2 heterocycles. The summed E-state index contributed by atoms with van der Waals surface area (Å²) in [6.07, 6.45) is 2.57. The summed E-state index contributed by atoms with van der Waals surface area (Å²) in [6.45, 7) is 6.00. The first-order chi connectivity index (χ1) is 10.4. The van der Waals surface area contributed by atoms with Gasteiger partial charge in [0.05, 0.1) is 11.7 Å². The molecule has 1 aliphatic rings. The zero-order chi connectivity index (χ0) is 15.7. The molecule has 6 heteroatoms. The number of benzene rings is 1. The molecule has 1 aliphatic heterocycles. The molecule has 22 heavy (non-hydrogen) atoms. The number of carbonyl (C=O) groups is 1. The summed E-state index contributed by atoms with van der Waals surface area (Å²) in [5, 5.41) is 8.53. The van der Waals surface area contributed by atoms with Crippen molar-refractivity contribution in [1.29, 1.82) is 0 Å². The van der Waals surface area contributed by atoms with Crippen LogP contribution in [-0.2, 0) is 6.42 Å². The molecule has 3 rings (SSSR count). The Morgan fingerprint density at radius 3 is 3.00 bits per heavy atom. The number of thiazole rings is 1. The maximum Gasteiger partial charge on any atom is 0.319 e. The lowest BCUT2D eigenvalue weighted by Gasteiger charge is -2.19. The SMILES string of the molecule is C[C@@H](NC(=O)Nc1cccc2c1OC(C)(C)C2)c1nccs1. The van der Waals surface area contributed by atoms with Gasteiger partial charge in [0.15, 0.2) is 0 Å². The zero-order valence-electron chi connectivity index (χ0n) is 12.8. The number of para-hydroxylation sites is 1. The van der Waals surface area contributed by atoms with Crippen LogP contribution in [0.5, 0.6) is 5.75 Å². The third-order valence-electron chi connectivity index (χ3n) is 3.51. The molecule has 2 amide bonds. The molecule has 0 saturated heterocycles. The Morgan fingerprint density at radius 1 is 1.45 bits per heavy atom. The molecule has 2 N–H and O–H groups in total. The third-order valence-corrected chi connectivity index (χ3v) is 4.47. The van der Waals surface area contributed by atoms with Crippen LogP contribution in [0.2, 0.25) is 0 Å². The third kappa shape index (κ3) is 3.06.